The van der Waals surface area contributed by atoms with Crippen molar-refractivity contribution in [2.24, 2.45) is 0 Å². The summed E-state index contributed by atoms with van der Waals surface area (Å²) < 4.78 is 0. The van der Waals surface area contributed by atoms with Crippen LogP contribution in [0.4, 0.5) is 9.93 Å². The fourth-order valence-electron chi connectivity index (χ4n) is 1.03. The third-order valence-electron chi connectivity index (χ3n) is 1.77. The molecule has 0 saturated carbocycles. The lowest BCUT2D eigenvalue weighted by Crippen LogP contribution is -2.43. The maximum Gasteiger partial charge on any atom is 0.326 e. The van der Waals surface area contributed by atoms with Gasteiger partial charge in [0.1, 0.15) is 11.0 Å². The first-order chi connectivity index (χ1) is 8.02. The van der Waals surface area contributed by atoms with E-state index >= 15 is 0 Å². The minimum absolute atomic E-state index is 0.0576. The molecule has 1 aromatic rings. The lowest BCUT2D eigenvalue weighted by Gasteiger charge is -2.12. The third kappa shape index (κ3) is 4.33. The Bertz CT molecular complexity index is 408. The van der Waals surface area contributed by atoms with E-state index in [2.05, 4.69) is 20.8 Å². The van der Waals surface area contributed by atoms with E-state index in [9.17, 15) is 9.59 Å². The second-order valence-corrected chi connectivity index (χ2v) is 4.31. The van der Waals surface area contributed by atoms with Crippen molar-refractivity contribution in [3.8, 4) is 0 Å². The van der Waals surface area contributed by atoms with Gasteiger partial charge < -0.3 is 15.5 Å². The Kier molecular flexibility index (Phi) is 4.79. The van der Waals surface area contributed by atoms with E-state index in [1.807, 2.05) is 0 Å². The van der Waals surface area contributed by atoms with E-state index in [0.29, 0.717) is 5.01 Å². The van der Waals surface area contributed by atoms with Crippen LogP contribution in [-0.2, 0) is 4.79 Å². The molecule has 0 unspecified atom stereocenters. The van der Waals surface area contributed by atoms with Crippen LogP contribution in [-0.4, -0.2) is 45.1 Å². The van der Waals surface area contributed by atoms with Gasteiger partial charge in [0.2, 0.25) is 5.13 Å². The number of nitrogens with zero attached hydrogens (tertiary/aromatic N) is 2. The molecule has 94 valence electrons. The number of carbonyl (C=O) groups excluding carboxylic acids is 1. The molecule has 1 atom stereocenters. The molecule has 9 heteroatoms. The maximum atomic E-state index is 11.4. The smallest absolute Gasteiger partial charge is 0.326 e. The molecule has 17 heavy (non-hydrogen) atoms. The Morgan fingerprint density at radius 3 is 2.65 bits per heavy atom. The number of nitrogens with one attached hydrogen (secondary N) is 2. The van der Waals surface area contributed by atoms with Crippen LogP contribution in [0.5, 0.6) is 0 Å². The number of aliphatic hydroxyl groups excluding tert-OH is 1. The first-order valence-electron chi connectivity index (χ1n) is 4.74. The molecule has 1 aromatic heterocycles. The summed E-state index contributed by atoms with van der Waals surface area (Å²) in [5.74, 6) is -1.21. The summed E-state index contributed by atoms with van der Waals surface area (Å²) in [6.45, 7) is 1.40. The van der Waals surface area contributed by atoms with Crippen molar-refractivity contribution in [3.63, 3.8) is 0 Å². The van der Waals surface area contributed by atoms with Crippen LogP contribution in [0.3, 0.4) is 0 Å². The molecule has 8 nitrogen and oxygen atoms in total. The van der Waals surface area contributed by atoms with E-state index < -0.39 is 18.0 Å². The van der Waals surface area contributed by atoms with Gasteiger partial charge in [0.25, 0.3) is 0 Å². The zero-order valence-corrected chi connectivity index (χ0v) is 9.82. The SMILES string of the molecule is Cc1nnc(NC(=O)N[C@H](CCO)C(=O)O)s1. The van der Waals surface area contributed by atoms with Gasteiger partial charge in [-0.1, -0.05) is 11.3 Å². The number of urea groups is 1. The Morgan fingerprint density at radius 1 is 1.47 bits per heavy atom. The molecule has 4 N–H and O–H groups in total. The highest BCUT2D eigenvalue weighted by atomic mass is 32.1. The van der Waals surface area contributed by atoms with Gasteiger partial charge in [0.15, 0.2) is 0 Å². The van der Waals surface area contributed by atoms with E-state index in [-0.39, 0.29) is 18.2 Å². The van der Waals surface area contributed by atoms with Crippen LogP contribution in [0.25, 0.3) is 0 Å². The third-order valence-corrected chi connectivity index (χ3v) is 2.52. The predicted molar refractivity (Wildman–Crippen MR) is 59.9 cm³/mol. The van der Waals surface area contributed by atoms with Crippen molar-refractivity contribution in [2.45, 2.75) is 19.4 Å². The molecule has 0 spiro atoms. The quantitative estimate of drug-likeness (QED) is 0.581. The summed E-state index contributed by atoms with van der Waals surface area (Å²) in [6.07, 6.45) is -0.0576. The molecular weight excluding hydrogens is 248 g/mol. The Hall–Kier alpha value is -1.74. The average molecular weight is 260 g/mol. The molecule has 2 amide bonds. The molecule has 1 heterocycles. The molecular formula is C8H12N4O4S. The van der Waals surface area contributed by atoms with Crippen LogP contribution in [0.15, 0.2) is 0 Å². The lowest BCUT2D eigenvalue weighted by molar-refractivity contribution is -0.139. The van der Waals surface area contributed by atoms with Gasteiger partial charge in [0, 0.05) is 13.0 Å². The molecule has 0 aliphatic carbocycles. The van der Waals surface area contributed by atoms with E-state index in [0.717, 1.165) is 0 Å². The standard InChI is InChI=1S/C8H12N4O4S/c1-4-11-12-8(17-4)10-7(16)9-5(2-3-13)6(14)15/h5,13H,2-3H2,1H3,(H,14,15)(H2,9,10,12,16)/t5-/m1/s1. The van der Waals surface area contributed by atoms with E-state index in [1.165, 1.54) is 11.3 Å². The largest absolute Gasteiger partial charge is 0.480 e. The molecule has 0 aliphatic heterocycles. The Balaban J connectivity index is 2.50. The van der Waals surface area contributed by atoms with E-state index in [4.69, 9.17) is 10.2 Å². The highest BCUT2D eigenvalue weighted by Gasteiger charge is 2.19. The van der Waals surface area contributed by atoms with Crippen molar-refractivity contribution >= 4 is 28.5 Å². The summed E-state index contributed by atoms with van der Waals surface area (Å²) in [6, 6.07) is -1.82. The van der Waals surface area contributed by atoms with Crippen molar-refractivity contribution < 1.29 is 19.8 Å². The number of aryl methyl sites for hydroxylation is 1. The number of anilines is 1. The second-order valence-electron chi connectivity index (χ2n) is 3.13. The zero-order valence-electron chi connectivity index (χ0n) is 9.01. The van der Waals surface area contributed by atoms with Gasteiger partial charge in [-0.25, -0.2) is 9.59 Å². The van der Waals surface area contributed by atoms with Gasteiger partial charge in [0.05, 0.1) is 0 Å². The molecule has 0 fully saturated rings. The fraction of sp³-hybridized carbons (Fsp3) is 0.500. The maximum absolute atomic E-state index is 11.4. The molecule has 0 aromatic carbocycles. The van der Waals surface area contributed by atoms with Gasteiger partial charge in [-0.2, -0.15) is 0 Å². The van der Waals surface area contributed by atoms with Crippen LogP contribution >= 0.6 is 11.3 Å². The number of amides is 2. The molecule has 0 radical (unpaired) electrons. The van der Waals surface area contributed by atoms with Crippen LogP contribution < -0.4 is 10.6 Å². The topological polar surface area (TPSA) is 124 Å². The average Bonchev–Trinajstić information content (AvgIpc) is 2.63. The number of hydrogen-bond donors (Lipinski definition) is 4. The monoisotopic (exact) mass is 260 g/mol. The van der Waals surface area contributed by atoms with Gasteiger partial charge in [-0.05, 0) is 6.92 Å². The van der Waals surface area contributed by atoms with Crippen molar-refractivity contribution in [2.75, 3.05) is 11.9 Å². The summed E-state index contributed by atoms with van der Waals surface area (Å²) in [7, 11) is 0. The molecule has 0 aliphatic rings. The van der Waals surface area contributed by atoms with Crippen molar-refractivity contribution in [1.29, 1.82) is 0 Å². The minimum Gasteiger partial charge on any atom is -0.480 e. The van der Waals surface area contributed by atoms with Crippen molar-refractivity contribution in [1.82, 2.24) is 15.5 Å². The summed E-state index contributed by atoms with van der Waals surface area (Å²) >= 11 is 1.17. The number of aliphatic carboxylic acids is 1. The summed E-state index contributed by atoms with van der Waals surface area (Å²) in [5.41, 5.74) is 0. The second kappa shape index (κ2) is 6.11. The van der Waals surface area contributed by atoms with E-state index in [1.54, 1.807) is 6.92 Å². The number of aliphatic hydroxyl groups is 1. The van der Waals surface area contributed by atoms with Gasteiger partial charge >= 0.3 is 12.0 Å². The Labute approximate surface area is 101 Å². The number of aromatic nitrogens is 2. The zero-order chi connectivity index (χ0) is 12.8. The number of carbonyl (C=O) groups is 2. The number of carboxylic acids is 1. The van der Waals surface area contributed by atoms with Gasteiger partial charge in [-0.15, -0.1) is 10.2 Å². The van der Waals surface area contributed by atoms with Crippen molar-refractivity contribution in [3.05, 3.63) is 5.01 Å². The first kappa shape index (κ1) is 13.3. The van der Waals surface area contributed by atoms with Crippen LogP contribution in [0, 0.1) is 6.92 Å². The predicted octanol–water partition coefficient (Wildman–Crippen LogP) is -0.196. The highest BCUT2D eigenvalue weighted by molar-refractivity contribution is 7.15. The lowest BCUT2D eigenvalue weighted by atomic mass is 10.2. The van der Waals surface area contributed by atoms with Crippen LogP contribution in [0.2, 0.25) is 0 Å². The number of rotatable bonds is 5. The summed E-state index contributed by atoms with van der Waals surface area (Å²) in [4.78, 5) is 22.1. The first-order valence-corrected chi connectivity index (χ1v) is 5.56. The Morgan fingerprint density at radius 2 is 2.18 bits per heavy atom. The summed E-state index contributed by atoms with van der Waals surface area (Å²) in [5, 5.41) is 30.3. The highest BCUT2D eigenvalue weighted by Crippen LogP contribution is 2.13. The minimum atomic E-state index is -1.21. The van der Waals surface area contributed by atoms with Gasteiger partial charge in [-0.3, -0.25) is 5.32 Å². The molecule has 1 rings (SSSR count). The molecule has 0 saturated heterocycles. The number of hydrogen-bond acceptors (Lipinski definition) is 6. The molecule has 0 bridgehead atoms. The normalized spacial score (nSPS) is 11.9. The number of carboxylic acid groups (broad SMARTS) is 1. The van der Waals surface area contributed by atoms with Crippen LogP contribution in [0.1, 0.15) is 11.4 Å². The fourth-order valence-corrected chi connectivity index (χ4v) is 1.61.